The van der Waals surface area contributed by atoms with Crippen molar-refractivity contribution in [2.24, 2.45) is 0 Å². The Morgan fingerprint density at radius 2 is 1.89 bits per heavy atom. The minimum atomic E-state index is -0.299. The minimum Gasteiger partial charge on any atom is -0.294 e. The number of halogens is 2. The van der Waals surface area contributed by atoms with Crippen LogP contribution in [0.3, 0.4) is 0 Å². The van der Waals surface area contributed by atoms with E-state index in [0.717, 1.165) is 20.3 Å². The van der Waals surface area contributed by atoms with Gasteiger partial charge in [0.2, 0.25) is 0 Å². The van der Waals surface area contributed by atoms with Gasteiger partial charge in [0.15, 0.2) is 5.78 Å². The molecular weight excluding hydrogens is 354 g/mol. The minimum absolute atomic E-state index is 0.0294. The number of Topliss-reactive ketones (excluding diaryl/α,β-unsaturated/α-hetero) is 1. The molecule has 0 aliphatic heterocycles. The lowest BCUT2D eigenvalue weighted by atomic mass is 9.98. The van der Waals surface area contributed by atoms with Gasteiger partial charge >= 0.3 is 0 Å². The fraction of sp³-hybridized carbons (Fsp3) is 0.188. The van der Waals surface area contributed by atoms with E-state index < -0.39 is 0 Å². The van der Waals surface area contributed by atoms with Crippen molar-refractivity contribution in [1.82, 2.24) is 0 Å². The molecule has 2 aromatic rings. The summed E-state index contributed by atoms with van der Waals surface area (Å²) < 4.78 is 14.2. The normalized spacial score (nSPS) is 10.5. The molecule has 0 atom stereocenters. The molecule has 0 amide bonds. The second-order valence-corrected chi connectivity index (χ2v) is 5.69. The summed E-state index contributed by atoms with van der Waals surface area (Å²) in [5.74, 6) is -0.269. The van der Waals surface area contributed by atoms with Crippen molar-refractivity contribution in [2.75, 3.05) is 0 Å². The molecule has 0 saturated heterocycles. The van der Waals surface area contributed by atoms with Gasteiger partial charge in [-0.15, -0.1) is 0 Å². The van der Waals surface area contributed by atoms with Crippen molar-refractivity contribution in [3.8, 4) is 0 Å². The molecule has 3 heteroatoms. The number of aryl methyl sites for hydroxylation is 2. The third-order valence-electron chi connectivity index (χ3n) is 3.15. The van der Waals surface area contributed by atoms with E-state index >= 15 is 0 Å². The molecule has 1 nitrogen and oxygen atoms in total. The monoisotopic (exact) mass is 368 g/mol. The second kappa shape index (κ2) is 5.82. The molecule has 0 heterocycles. The van der Waals surface area contributed by atoms with Gasteiger partial charge < -0.3 is 0 Å². The largest absolute Gasteiger partial charge is 0.294 e. The van der Waals surface area contributed by atoms with E-state index in [1.54, 1.807) is 6.07 Å². The number of hydrogen-bond donors (Lipinski definition) is 0. The van der Waals surface area contributed by atoms with E-state index in [0.29, 0.717) is 5.56 Å². The first-order valence-electron chi connectivity index (χ1n) is 6.02. The van der Waals surface area contributed by atoms with Gasteiger partial charge in [-0.25, -0.2) is 4.39 Å². The van der Waals surface area contributed by atoms with Crippen LogP contribution in [0.1, 0.15) is 27.0 Å². The highest BCUT2D eigenvalue weighted by molar-refractivity contribution is 14.1. The van der Waals surface area contributed by atoms with Crippen LogP contribution in [0.15, 0.2) is 36.4 Å². The highest BCUT2D eigenvalue weighted by atomic mass is 127. The molecule has 0 fully saturated rings. The van der Waals surface area contributed by atoms with Crippen LogP contribution in [0.25, 0.3) is 0 Å². The number of rotatable bonds is 3. The Morgan fingerprint density at radius 1 is 1.16 bits per heavy atom. The van der Waals surface area contributed by atoms with E-state index in [2.05, 4.69) is 22.6 Å². The van der Waals surface area contributed by atoms with Gasteiger partial charge in [0.05, 0.1) is 0 Å². The van der Waals surface area contributed by atoms with Crippen LogP contribution in [0, 0.1) is 23.2 Å². The summed E-state index contributed by atoms with van der Waals surface area (Å²) in [6, 6.07) is 10.2. The fourth-order valence-corrected chi connectivity index (χ4v) is 2.62. The maximum atomic E-state index is 13.2. The predicted octanol–water partition coefficient (Wildman–Crippen LogP) is 4.47. The van der Waals surface area contributed by atoms with Gasteiger partial charge in [0.25, 0.3) is 0 Å². The van der Waals surface area contributed by atoms with Crippen molar-refractivity contribution in [3.05, 3.63) is 68.0 Å². The summed E-state index contributed by atoms with van der Waals surface area (Å²) in [4.78, 5) is 12.3. The summed E-state index contributed by atoms with van der Waals surface area (Å²) >= 11 is 2.18. The molecule has 19 heavy (non-hydrogen) atoms. The fourth-order valence-electron chi connectivity index (χ4n) is 1.96. The highest BCUT2D eigenvalue weighted by Crippen LogP contribution is 2.20. The van der Waals surface area contributed by atoms with E-state index in [1.807, 2.05) is 32.0 Å². The number of ketones is 1. The first kappa shape index (κ1) is 14.2. The van der Waals surface area contributed by atoms with Crippen molar-refractivity contribution in [1.29, 1.82) is 0 Å². The maximum Gasteiger partial charge on any atom is 0.168 e. The predicted molar refractivity (Wildman–Crippen MR) is 83.1 cm³/mol. The van der Waals surface area contributed by atoms with Crippen LogP contribution < -0.4 is 0 Å². The van der Waals surface area contributed by atoms with E-state index in [-0.39, 0.29) is 18.0 Å². The molecule has 0 aliphatic rings. The van der Waals surface area contributed by atoms with Crippen molar-refractivity contribution in [3.63, 3.8) is 0 Å². The van der Waals surface area contributed by atoms with E-state index in [9.17, 15) is 9.18 Å². The van der Waals surface area contributed by atoms with Crippen LogP contribution in [-0.2, 0) is 6.42 Å². The zero-order chi connectivity index (χ0) is 14.0. The van der Waals surface area contributed by atoms with Gasteiger partial charge in [-0.2, -0.15) is 0 Å². The molecule has 0 aromatic heterocycles. The summed E-state index contributed by atoms with van der Waals surface area (Å²) in [6.45, 7) is 3.87. The molecule has 0 bridgehead atoms. The average Bonchev–Trinajstić information content (AvgIpc) is 2.37. The molecule has 0 unspecified atom stereocenters. The number of carbonyl (C=O) groups is 1. The molecule has 98 valence electrons. The topological polar surface area (TPSA) is 17.1 Å². The van der Waals surface area contributed by atoms with Gasteiger partial charge in [0.1, 0.15) is 5.82 Å². The summed E-state index contributed by atoms with van der Waals surface area (Å²) in [6.07, 6.45) is 0.239. The first-order chi connectivity index (χ1) is 8.99. The van der Waals surface area contributed by atoms with Crippen molar-refractivity contribution in [2.45, 2.75) is 20.3 Å². The van der Waals surface area contributed by atoms with Gasteiger partial charge in [-0.3, -0.25) is 4.79 Å². The number of hydrogen-bond acceptors (Lipinski definition) is 1. The quantitative estimate of drug-likeness (QED) is 0.577. The van der Waals surface area contributed by atoms with Crippen LogP contribution in [0.2, 0.25) is 0 Å². The third-order valence-corrected chi connectivity index (χ3v) is 4.59. The van der Waals surface area contributed by atoms with Gasteiger partial charge in [0, 0.05) is 15.6 Å². The molecule has 0 aliphatic carbocycles. The summed E-state index contributed by atoms with van der Waals surface area (Å²) in [5, 5.41) is 0. The average molecular weight is 368 g/mol. The number of carbonyl (C=O) groups excluding carboxylic acids is 1. The molecular formula is C16H14FIO. The Morgan fingerprint density at radius 3 is 2.63 bits per heavy atom. The van der Waals surface area contributed by atoms with Crippen LogP contribution in [0.4, 0.5) is 4.39 Å². The summed E-state index contributed by atoms with van der Waals surface area (Å²) in [5.41, 5.74) is 3.49. The summed E-state index contributed by atoms with van der Waals surface area (Å²) in [7, 11) is 0. The van der Waals surface area contributed by atoms with Crippen LogP contribution in [-0.4, -0.2) is 5.78 Å². The molecule has 2 aromatic carbocycles. The molecule has 0 N–H and O–H groups in total. The zero-order valence-corrected chi connectivity index (χ0v) is 13.0. The van der Waals surface area contributed by atoms with Gasteiger partial charge in [-0.1, -0.05) is 24.3 Å². The van der Waals surface area contributed by atoms with E-state index in [1.165, 1.54) is 12.1 Å². The first-order valence-corrected chi connectivity index (χ1v) is 7.10. The van der Waals surface area contributed by atoms with Crippen molar-refractivity contribution >= 4 is 28.4 Å². The Balaban J connectivity index is 2.31. The van der Waals surface area contributed by atoms with Crippen LogP contribution >= 0.6 is 22.6 Å². The van der Waals surface area contributed by atoms with Crippen LogP contribution in [0.5, 0.6) is 0 Å². The van der Waals surface area contributed by atoms with Gasteiger partial charge in [-0.05, 0) is 65.3 Å². The Labute approximate surface area is 126 Å². The lowest BCUT2D eigenvalue weighted by molar-refractivity contribution is 0.0992. The Bertz CT molecular complexity index is 635. The third kappa shape index (κ3) is 3.21. The standard InChI is InChI=1S/C16H14FIO/c1-10-6-7-13(17)8-12(10)9-15(19)14-5-3-4-11(2)16(14)18/h3-8H,9H2,1-2H3. The highest BCUT2D eigenvalue weighted by Gasteiger charge is 2.13. The Hall–Kier alpha value is -1.23. The molecule has 0 spiro atoms. The lowest BCUT2D eigenvalue weighted by Crippen LogP contribution is -2.08. The molecule has 2 rings (SSSR count). The zero-order valence-electron chi connectivity index (χ0n) is 10.8. The lowest BCUT2D eigenvalue weighted by Gasteiger charge is -2.08. The molecule has 0 radical (unpaired) electrons. The van der Waals surface area contributed by atoms with E-state index in [4.69, 9.17) is 0 Å². The molecule has 0 saturated carbocycles. The Kier molecular flexibility index (Phi) is 4.34. The SMILES string of the molecule is Cc1ccc(F)cc1CC(=O)c1cccc(C)c1I. The second-order valence-electron chi connectivity index (χ2n) is 4.61. The smallest absolute Gasteiger partial charge is 0.168 e. The maximum absolute atomic E-state index is 13.2. The number of benzene rings is 2. The van der Waals surface area contributed by atoms with Crippen molar-refractivity contribution < 1.29 is 9.18 Å².